The summed E-state index contributed by atoms with van der Waals surface area (Å²) in [5.41, 5.74) is 2.25. The van der Waals surface area contributed by atoms with E-state index in [1.54, 1.807) is 7.05 Å². The molecule has 0 unspecified atom stereocenters. The first-order valence-electron chi connectivity index (χ1n) is 5.94. The zero-order valence-electron chi connectivity index (χ0n) is 11.0. The van der Waals surface area contributed by atoms with Gasteiger partial charge in [0.05, 0.1) is 18.0 Å². The van der Waals surface area contributed by atoms with Gasteiger partial charge in [-0.05, 0) is 6.07 Å². The number of nitrogens with one attached hydrogen (secondary N) is 1. The molecule has 0 aromatic carbocycles. The number of amides is 1. The van der Waals surface area contributed by atoms with Gasteiger partial charge in [0, 0.05) is 7.05 Å². The molecule has 0 aliphatic heterocycles. The smallest absolute Gasteiger partial charge is 0.281 e. The molecule has 108 valence electrons. The Labute approximate surface area is 117 Å². The van der Waals surface area contributed by atoms with Crippen molar-refractivity contribution in [1.29, 1.82) is 0 Å². The molecule has 3 aromatic rings. The van der Waals surface area contributed by atoms with Gasteiger partial charge in [-0.3, -0.25) is 15.0 Å². The molecule has 10 nitrogen and oxygen atoms in total. The third-order valence-corrected chi connectivity index (χ3v) is 3.03. The van der Waals surface area contributed by atoms with Crippen LogP contribution in [0, 0.1) is 0 Å². The van der Waals surface area contributed by atoms with E-state index < -0.39 is 5.91 Å². The number of hydrazine groups is 1. The van der Waals surface area contributed by atoms with E-state index in [2.05, 4.69) is 15.4 Å². The van der Waals surface area contributed by atoms with Gasteiger partial charge < -0.3 is 4.42 Å². The first-order chi connectivity index (χ1) is 10.1. The second-order valence-corrected chi connectivity index (χ2v) is 4.29. The van der Waals surface area contributed by atoms with E-state index in [4.69, 9.17) is 10.3 Å². The fourth-order valence-electron chi connectivity index (χ4n) is 1.96. The Kier molecular flexibility index (Phi) is 2.99. The molecule has 3 rings (SSSR count). The van der Waals surface area contributed by atoms with Crippen LogP contribution in [0.4, 0.5) is 0 Å². The predicted molar refractivity (Wildman–Crippen MR) is 70.0 cm³/mol. The zero-order chi connectivity index (χ0) is 15.0. The van der Waals surface area contributed by atoms with Crippen LogP contribution in [0.3, 0.4) is 0 Å². The lowest BCUT2D eigenvalue weighted by Crippen LogP contribution is -2.31. The number of nitrogens with zero attached hydrogens (tertiary/aromatic N) is 5. The molecule has 0 spiro atoms. The highest BCUT2D eigenvalue weighted by atomic mass is 16.3. The molecule has 0 fully saturated rings. The van der Waals surface area contributed by atoms with Crippen molar-refractivity contribution in [2.24, 2.45) is 12.9 Å². The number of hydrogen-bond acceptors (Lipinski definition) is 7. The van der Waals surface area contributed by atoms with Gasteiger partial charge in [0.1, 0.15) is 17.7 Å². The summed E-state index contributed by atoms with van der Waals surface area (Å²) < 4.78 is 7.75. The highest BCUT2D eigenvalue weighted by Crippen LogP contribution is 2.11. The highest BCUT2D eigenvalue weighted by Gasteiger charge is 2.16. The normalized spacial score (nSPS) is 11.0. The van der Waals surface area contributed by atoms with Gasteiger partial charge >= 0.3 is 0 Å². The topological polar surface area (TPSA) is 134 Å². The van der Waals surface area contributed by atoms with E-state index in [9.17, 15) is 9.59 Å². The maximum Gasteiger partial charge on any atom is 0.281 e. The van der Waals surface area contributed by atoms with E-state index >= 15 is 0 Å². The number of rotatable bonds is 3. The van der Waals surface area contributed by atoms with Crippen LogP contribution in [0.15, 0.2) is 27.7 Å². The lowest BCUT2D eigenvalue weighted by molar-refractivity contribution is 0.0951. The van der Waals surface area contributed by atoms with Crippen LogP contribution in [0.1, 0.15) is 16.1 Å². The number of aromatic nitrogens is 5. The first-order valence-corrected chi connectivity index (χ1v) is 5.94. The first kappa shape index (κ1) is 13.0. The summed E-state index contributed by atoms with van der Waals surface area (Å²) >= 11 is 0. The Morgan fingerprint density at radius 1 is 1.52 bits per heavy atom. The molecule has 0 radical (unpaired) electrons. The third-order valence-electron chi connectivity index (χ3n) is 3.03. The second kappa shape index (κ2) is 4.83. The number of carbonyl (C=O) groups excluding carboxylic acids is 1. The van der Waals surface area contributed by atoms with Crippen LogP contribution in [-0.2, 0) is 13.6 Å². The zero-order valence-corrected chi connectivity index (χ0v) is 11.0. The molecule has 3 aromatic heterocycles. The van der Waals surface area contributed by atoms with Gasteiger partial charge in [-0.15, -0.1) is 5.10 Å². The predicted octanol–water partition coefficient (Wildman–Crippen LogP) is -1.23. The van der Waals surface area contributed by atoms with Gasteiger partial charge in [0.15, 0.2) is 5.65 Å². The van der Waals surface area contributed by atoms with Crippen LogP contribution >= 0.6 is 0 Å². The average molecular weight is 289 g/mol. The Hall–Kier alpha value is -3.01. The molecule has 0 saturated heterocycles. The molecule has 0 atom stereocenters. The fraction of sp³-hybridized carbons (Fsp3) is 0.182. The monoisotopic (exact) mass is 289 g/mol. The van der Waals surface area contributed by atoms with Crippen molar-refractivity contribution < 1.29 is 9.21 Å². The van der Waals surface area contributed by atoms with Crippen molar-refractivity contribution in [1.82, 2.24) is 30.2 Å². The summed E-state index contributed by atoms with van der Waals surface area (Å²) in [6.07, 6.45) is 2.75. The van der Waals surface area contributed by atoms with Gasteiger partial charge in [-0.1, -0.05) is 5.21 Å². The summed E-state index contributed by atoms with van der Waals surface area (Å²) in [7, 11) is 1.66. The van der Waals surface area contributed by atoms with E-state index in [1.165, 1.54) is 23.2 Å². The minimum Gasteiger partial charge on any atom is -0.467 e. The number of aryl methyl sites for hydroxylation is 1. The molecule has 0 bridgehead atoms. The van der Waals surface area contributed by atoms with E-state index in [0.717, 1.165) is 4.68 Å². The van der Waals surface area contributed by atoms with Crippen molar-refractivity contribution in [2.75, 3.05) is 0 Å². The summed E-state index contributed by atoms with van der Waals surface area (Å²) in [6.45, 7) is -0.0353. The molecule has 0 saturated carbocycles. The molecule has 10 heteroatoms. The van der Waals surface area contributed by atoms with Gasteiger partial charge in [0.2, 0.25) is 0 Å². The molecular weight excluding hydrogens is 278 g/mol. The quantitative estimate of drug-likeness (QED) is 0.350. The van der Waals surface area contributed by atoms with Crippen LogP contribution in [0.5, 0.6) is 0 Å². The van der Waals surface area contributed by atoms with Gasteiger partial charge in [-0.2, -0.15) is 5.10 Å². The number of furan rings is 1. The minimum absolute atomic E-state index is 0.0353. The standard InChI is InChI=1S/C11H11N7O3/c1-17-9-7(4-13-17)11(20)18(16-15-9)5-8-6(2-3-21-8)10(19)14-12/h2-4H,5,12H2,1H3,(H,14,19). The van der Waals surface area contributed by atoms with Crippen molar-refractivity contribution >= 4 is 16.9 Å². The Morgan fingerprint density at radius 2 is 2.33 bits per heavy atom. The van der Waals surface area contributed by atoms with Crippen LogP contribution in [0.25, 0.3) is 11.0 Å². The van der Waals surface area contributed by atoms with E-state index in [1.807, 2.05) is 5.43 Å². The number of nitrogen functional groups attached to an aromatic ring is 1. The Morgan fingerprint density at radius 3 is 3.10 bits per heavy atom. The van der Waals surface area contributed by atoms with Crippen molar-refractivity contribution in [3.8, 4) is 0 Å². The van der Waals surface area contributed by atoms with Crippen LogP contribution in [0.2, 0.25) is 0 Å². The number of hydrogen-bond donors (Lipinski definition) is 2. The van der Waals surface area contributed by atoms with Crippen LogP contribution < -0.4 is 16.8 Å². The van der Waals surface area contributed by atoms with Gasteiger partial charge in [-0.25, -0.2) is 15.2 Å². The number of nitrogens with two attached hydrogens (primary N) is 1. The second-order valence-electron chi connectivity index (χ2n) is 4.29. The highest BCUT2D eigenvalue weighted by molar-refractivity contribution is 5.94. The average Bonchev–Trinajstić information content (AvgIpc) is 3.09. The molecule has 0 aliphatic rings. The molecule has 0 aliphatic carbocycles. The summed E-state index contributed by atoms with van der Waals surface area (Å²) in [5.74, 6) is 4.83. The summed E-state index contributed by atoms with van der Waals surface area (Å²) in [4.78, 5) is 23.8. The van der Waals surface area contributed by atoms with E-state index in [0.29, 0.717) is 11.0 Å². The Bertz CT molecular complexity index is 875. The largest absolute Gasteiger partial charge is 0.467 e. The van der Waals surface area contributed by atoms with E-state index in [-0.39, 0.29) is 23.4 Å². The number of carbonyl (C=O) groups is 1. The molecule has 3 heterocycles. The molecule has 3 N–H and O–H groups in total. The van der Waals surface area contributed by atoms with Gasteiger partial charge in [0.25, 0.3) is 11.5 Å². The maximum atomic E-state index is 12.3. The van der Waals surface area contributed by atoms with Crippen molar-refractivity contribution in [2.45, 2.75) is 6.54 Å². The maximum absolute atomic E-state index is 12.3. The third kappa shape index (κ3) is 2.07. The lowest BCUT2D eigenvalue weighted by Gasteiger charge is -2.03. The Balaban J connectivity index is 2.03. The van der Waals surface area contributed by atoms with Crippen LogP contribution in [-0.4, -0.2) is 30.7 Å². The van der Waals surface area contributed by atoms with Crippen molar-refractivity contribution in [3.05, 3.63) is 40.2 Å². The molecular formula is C11H11N7O3. The summed E-state index contributed by atoms with van der Waals surface area (Å²) in [6, 6.07) is 1.46. The minimum atomic E-state index is -0.512. The fourth-order valence-corrected chi connectivity index (χ4v) is 1.96. The molecule has 1 amide bonds. The summed E-state index contributed by atoms with van der Waals surface area (Å²) in [5, 5.41) is 12.0. The number of fused-ring (bicyclic) bond motifs is 1. The molecule has 21 heavy (non-hydrogen) atoms. The van der Waals surface area contributed by atoms with Crippen molar-refractivity contribution in [3.63, 3.8) is 0 Å². The SMILES string of the molecule is Cn1ncc2c(=O)n(Cc3occc3C(=O)NN)nnc21. The lowest BCUT2D eigenvalue weighted by atomic mass is 10.2.